The molecule has 106 valence electrons. The normalized spacial score (nSPS) is 11.2. The molecule has 20 heavy (non-hydrogen) atoms. The van der Waals surface area contributed by atoms with Crippen LogP contribution in [0.25, 0.3) is 0 Å². The summed E-state index contributed by atoms with van der Waals surface area (Å²) in [4.78, 5) is 0. The topological polar surface area (TPSA) is 26.0 Å². The van der Waals surface area contributed by atoms with Crippen LogP contribution in [0.15, 0.2) is 67.3 Å². The molecule has 0 radical (unpaired) electrons. The van der Waals surface area contributed by atoms with E-state index in [-0.39, 0.29) is 6.04 Å². The summed E-state index contributed by atoms with van der Waals surface area (Å²) in [6.07, 6.45) is 3.77. The van der Waals surface area contributed by atoms with Gasteiger partial charge in [-0.15, -0.1) is 6.58 Å². The zero-order chi connectivity index (χ0) is 14.8. The molecule has 0 heterocycles. The lowest BCUT2D eigenvalue weighted by Gasteiger charge is -2.10. The fourth-order valence-electron chi connectivity index (χ4n) is 1.59. The van der Waals surface area contributed by atoms with Crippen LogP contribution in [0.1, 0.15) is 24.4 Å². The van der Waals surface area contributed by atoms with Crippen molar-refractivity contribution in [3.8, 4) is 0 Å². The third-order valence-electron chi connectivity index (χ3n) is 2.71. The summed E-state index contributed by atoms with van der Waals surface area (Å²) < 4.78 is 0. The minimum absolute atomic E-state index is 0.0928. The standard InChI is InChI=1S/C11H14ClN.C6H5Cl/c1-2-3-4-11(13)9-5-7-10(12)8-6-9;7-6-4-2-1-3-5-6/h2,5-8,11H,1,3-4,13H2;1-5H. The molecule has 0 aliphatic carbocycles. The molecule has 2 N–H and O–H groups in total. The van der Waals surface area contributed by atoms with Crippen molar-refractivity contribution in [2.45, 2.75) is 18.9 Å². The van der Waals surface area contributed by atoms with Crippen LogP contribution in [0.2, 0.25) is 10.0 Å². The van der Waals surface area contributed by atoms with Gasteiger partial charge < -0.3 is 5.73 Å². The molecule has 0 aromatic heterocycles. The van der Waals surface area contributed by atoms with E-state index < -0.39 is 0 Å². The van der Waals surface area contributed by atoms with Gasteiger partial charge in [-0.05, 0) is 42.7 Å². The van der Waals surface area contributed by atoms with E-state index in [9.17, 15) is 0 Å². The second kappa shape index (κ2) is 9.60. The fraction of sp³-hybridized carbons (Fsp3) is 0.176. The van der Waals surface area contributed by atoms with E-state index in [1.807, 2.05) is 60.7 Å². The van der Waals surface area contributed by atoms with Crippen molar-refractivity contribution >= 4 is 23.2 Å². The number of rotatable bonds is 4. The van der Waals surface area contributed by atoms with Crippen LogP contribution in [0, 0.1) is 0 Å². The molecule has 2 rings (SSSR count). The number of benzene rings is 2. The maximum absolute atomic E-state index is 5.94. The molecule has 0 bridgehead atoms. The van der Waals surface area contributed by atoms with Crippen molar-refractivity contribution in [3.05, 3.63) is 82.9 Å². The molecule has 0 saturated carbocycles. The Kier molecular flexibility index (Phi) is 8.05. The van der Waals surface area contributed by atoms with E-state index in [2.05, 4.69) is 6.58 Å². The third kappa shape index (κ3) is 6.76. The zero-order valence-electron chi connectivity index (χ0n) is 11.3. The van der Waals surface area contributed by atoms with E-state index in [1.54, 1.807) is 0 Å². The summed E-state index contributed by atoms with van der Waals surface area (Å²) in [5, 5.41) is 1.54. The molecule has 0 aliphatic heterocycles. The summed E-state index contributed by atoms with van der Waals surface area (Å²) >= 11 is 11.3. The highest BCUT2D eigenvalue weighted by molar-refractivity contribution is 6.30. The lowest BCUT2D eigenvalue weighted by Crippen LogP contribution is -2.09. The average molecular weight is 308 g/mol. The maximum atomic E-state index is 5.94. The first-order valence-electron chi connectivity index (χ1n) is 6.46. The van der Waals surface area contributed by atoms with Crippen LogP contribution in [0.3, 0.4) is 0 Å². The van der Waals surface area contributed by atoms with Crippen molar-refractivity contribution in [1.82, 2.24) is 0 Å². The minimum Gasteiger partial charge on any atom is -0.324 e. The second-order valence-electron chi connectivity index (χ2n) is 4.32. The van der Waals surface area contributed by atoms with E-state index in [0.717, 1.165) is 28.5 Å². The van der Waals surface area contributed by atoms with Gasteiger partial charge in [0.05, 0.1) is 0 Å². The summed E-state index contributed by atoms with van der Waals surface area (Å²) in [7, 11) is 0. The molecule has 3 heteroatoms. The van der Waals surface area contributed by atoms with Crippen LogP contribution in [-0.2, 0) is 0 Å². The Morgan fingerprint density at radius 2 is 1.50 bits per heavy atom. The highest BCUT2D eigenvalue weighted by atomic mass is 35.5. The highest BCUT2D eigenvalue weighted by Crippen LogP contribution is 2.18. The van der Waals surface area contributed by atoms with Crippen molar-refractivity contribution in [2.75, 3.05) is 0 Å². The fourth-order valence-corrected chi connectivity index (χ4v) is 1.86. The van der Waals surface area contributed by atoms with Gasteiger partial charge in [0.1, 0.15) is 0 Å². The zero-order valence-corrected chi connectivity index (χ0v) is 12.8. The Hall–Kier alpha value is -1.28. The number of allylic oxidation sites excluding steroid dienone is 1. The molecule has 2 aromatic rings. The van der Waals surface area contributed by atoms with E-state index in [0.29, 0.717) is 0 Å². The molecule has 2 aromatic carbocycles. The van der Waals surface area contributed by atoms with Gasteiger partial charge >= 0.3 is 0 Å². The highest BCUT2D eigenvalue weighted by Gasteiger charge is 2.03. The largest absolute Gasteiger partial charge is 0.324 e. The molecule has 0 fully saturated rings. The SMILES string of the molecule is C=CCCC(N)c1ccc(Cl)cc1.Clc1ccccc1. The van der Waals surface area contributed by atoms with Crippen molar-refractivity contribution in [1.29, 1.82) is 0 Å². The molecule has 1 unspecified atom stereocenters. The van der Waals surface area contributed by atoms with Crippen molar-refractivity contribution < 1.29 is 0 Å². The first-order chi connectivity index (χ1) is 9.63. The third-order valence-corrected chi connectivity index (χ3v) is 3.22. The molecule has 1 atom stereocenters. The molecule has 0 spiro atoms. The predicted octanol–water partition coefficient (Wildman–Crippen LogP) is 5.65. The van der Waals surface area contributed by atoms with E-state index in [4.69, 9.17) is 28.9 Å². The van der Waals surface area contributed by atoms with Gasteiger partial charge in [-0.1, -0.05) is 59.6 Å². The van der Waals surface area contributed by atoms with Crippen LogP contribution >= 0.6 is 23.2 Å². The number of nitrogens with two attached hydrogens (primary N) is 1. The van der Waals surface area contributed by atoms with Gasteiger partial charge in [0.2, 0.25) is 0 Å². The van der Waals surface area contributed by atoms with Gasteiger partial charge in [-0.25, -0.2) is 0 Å². The molecular formula is C17H19Cl2N. The smallest absolute Gasteiger partial charge is 0.0406 e. The summed E-state index contributed by atoms with van der Waals surface area (Å²) in [5.74, 6) is 0. The van der Waals surface area contributed by atoms with Crippen LogP contribution in [0.4, 0.5) is 0 Å². The Morgan fingerprint density at radius 3 is 1.95 bits per heavy atom. The molecule has 0 amide bonds. The van der Waals surface area contributed by atoms with Gasteiger partial charge in [-0.3, -0.25) is 0 Å². The Bertz CT molecular complexity index is 494. The number of hydrogen-bond acceptors (Lipinski definition) is 1. The Morgan fingerprint density at radius 1 is 0.950 bits per heavy atom. The molecule has 0 saturated heterocycles. The molecule has 1 nitrogen and oxygen atoms in total. The Balaban J connectivity index is 0.000000240. The van der Waals surface area contributed by atoms with Gasteiger partial charge in [-0.2, -0.15) is 0 Å². The Labute approximate surface area is 131 Å². The van der Waals surface area contributed by atoms with Crippen LogP contribution in [-0.4, -0.2) is 0 Å². The van der Waals surface area contributed by atoms with Crippen LogP contribution < -0.4 is 5.73 Å². The van der Waals surface area contributed by atoms with Crippen molar-refractivity contribution in [3.63, 3.8) is 0 Å². The van der Waals surface area contributed by atoms with E-state index in [1.165, 1.54) is 0 Å². The summed E-state index contributed by atoms with van der Waals surface area (Å²) in [6.45, 7) is 3.66. The molecule has 0 aliphatic rings. The lowest BCUT2D eigenvalue weighted by molar-refractivity contribution is 0.661. The second-order valence-corrected chi connectivity index (χ2v) is 5.19. The van der Waals surface area contributed by atoms with Crippen molar-refractivity contribution in [2.24, 2.45) is 5.73 Å². The summed E-state index contributed by atoms with van der Waals surface area (Å²) in [5.41, 5.74) is 7.07. The lowest BCUT2D eigenvalue weighted by atomic mass is 10.0. The summed E-state index contributed by atoms with van der Waals surface area (Å²) in [6, 6.07) is 17.2. The first-order valence-corrected chi connectivity index (χ1v) is 7.21. The molecular weight excluding hydrogens is 289 g/mol. The van der Waals surface area contributed by atoms with Gasteiger partial charge in [0, 0.05) is 16.1 Å². The first kappa shape index (κ1) is 16.8. The van der Waals surface area contributed by atoms with Gasteiger partial charge in [0.25, 0.3) is 0 Å². The maximum Gasteiger partial charge on any atom is 0.0406 e. The van der Waals surface area contributed by atoms with E-state index >= 15 is 0 Å². The average Bonchev–Trinajstić information content (AvgIpc) is 2.47. The quantitative estimate of drug-likeness (QED) is 0.726. The number of halogens is 2. The predicted molar refractivity (Wildman–Crippen MR) is 89.3 cm³/mol. The number of hydrogen-bond donors (Lipinski definition) is 1. The monoisotopic (exact) mass is 307 g/mol. The van der Waals surface area contributed by atoms with Crippen LogP contribution in [0.5, 0.6) is 0 Å². The minimum atomic E-state index is 0.0928. The van der Waals surface area contributed by atoms with Gasteiger partial charge in [0.15, 0.2) is 0 Å².